The summed E-state index contributed by atoms with van der Waals surface area (Å²) in [5.41, 5.74) is 8.18. The lowest BCUT2D eigenvalue weighted by atomic mass is 10.2. The van der Waals surface area contributed by atoms with Gasteiger partial charge in [-0.2, -0.15) is 0 Å². The van der Waals surface area contributed by atoms with Crippen LogP contribution < -0.4 is 27.1 Å². The minimum absolute atomic E-state index is 0.0712. The number of carbonyl (C=O) groups excluding carboxylic acids is 4. The van der Waals surface area contributed by atoms with E-state index < -0.39 is 29.9 Å². The van der Waals surface area contributed by atoms with Gasteiger partial charge in [0.05, 0.1) is 32.7 Å². The zero-order valence-corrected chi connectivity index (χ0v) is 15.8. The molecule has 0 fully saturated rings. The van der Waals surface area contributed by atoms with Crippen LogP contribution in [0, 0.1) is 0 Å². The summed E-state index contributed by atoms with van der Waals surface area (Å²) >= 11 is 0. The normalized spacial score (nSPS) is 14.8. The van der Waals surface area contributed by atoms with E-state index in [1.54, 1.807) is 27.9 Å². The molecule has 0 spiro atoms. The standard InChI is InChI=1S/C15H30N6O4/c1-9(12(4)22)18-15(25)11(3)19-14(24)10(2)17-7-13(23)20-21(5,6)8-16/h9-11,17H,7-8,16H2,1-6H3,(H2-,18,19,20,23,24,25)/p+1/t9-,10-,11-/m1/s1. The Labute approximate surface area is 148 Å². The Morgan fingerprint density at radius 1 is 0.920 bits per heavy atom. The first-order valence-electron chi connectivity index (χ1n) is 8.08. The summed E-state index contributed by atoms with van der Waals surface area (Å²) in [6.45, 7) is 6.19. The maximum Gasteiger partial charge on any atom is 0.278 e. The Bertz CT molecular complexity index is 508. The highest BCUT2D eigenvalue weighted by atomic mass is 16.2. The lowest BCUT2D eigenvalue weighted by molar-refractivity contribution is -0.924. The predicted octanol–water partition coefficient (Wildman–Crippen LogP) is -2.41. The zero-order chi connectivity index (χ0) is 19.8. The monoisotopic (exact) mass is 359 g/mol. The molecule has 0 aliphatic carbocycles. The molecule has 0 aliphatic heterocycles. The first-order chi connectivity index (χ1) is 11.4. The van der Waals surface area contributed by atoms with Crippen molar-refractivity contribution < 1.29 is 23.8 Å². The highest BCUT2D eigenvalue weighted by Gasteiger charge is 2.23. The number of amides is 3. The topological polar surface area (TPSA) is 142 Å². The quantitative estimate of drug-likeness (QED) is 0.167. The van der Waals surface area contributed by atoms with Gasteiger partial charge in [-0.25, -0.2) is 10.0 Å². The first-order valence-corrected chi connectivity index (χ1v) is 8.08. The van der Waals surface area contributed by atoms with Crippen molar-refractivity contribution in [1.82, 2.24) is 21.4 Å². The fraction of sp³-hybridized carbons (Fsp3) is 0.733. The lowest BCUT2D eigenvalue weighted by Gasteiger charge is -2.27. The van der Waals surface area contributed by atoms with Crippen molar-refractivity contribution in [2.45, 2.75) is 45.8 Å². The molecule has 0 aromatic carbocycles. The minimum atomic E-state index is -0.805. The van der Waals surface area contributed by atoms with Crippen LogP contribution in [-0.4, -0.2) is 73.5 Å². The molecule has 6 N–H and O–H groups in total. The number of ketones is 1. The van der Waals surface area contributed by atoms with Crippen LogP contribution in [0.3, 0.4) is 0 Å². The minimum Gasteiger partial charge on any atom is -0.345 e. The van der Waals surface area contributed by atoms with Gasteiger partial charge in [0, 0.05) is 0 Å². The second kappa shape index (κ2) is 10.1. The molecule has 3 amide bonds. The van der Waals surface area contributed by atoms with Crippen LogP contribution in [0.5, 0.6) is 0 Å². The van der Waals surface area contributed by atoms with Gasteiger partial charge in [0.15, 0.2) is 12.5 Å². The van der Waals surface area contributed by atoms with Crippen molar-refractivity contribution in [3.05, 3.63) is 0 Å². The van der Waals surface area contributed by atoms with Gasteiger partial charge >= 0.3 is 0 Å². The summed E-state index contributed by atoms with van der Waals surface area (Å²) in [7, 11) is 3.47. The molecule has 10 heteroatoms. The maximum atomic E-state index is 12.1. The number of hydrogen-bond acceptors (Lipinski definition) is 6. The van der Waals surface area contributed by atoms with Crippen LogP contribution in [0.2, 0.25) is 0 Å². The van der Waals surface area contributed by atoms with Gasteiger partial charge in [0.25, 0.3) is 5.91 Å². The van der Waals surface area contributed by atoms with E-state index in [2.05, 4.69) is 21.4 Å². The van der Waals surface area contributed by atoms with E-state index in [0.29, 0.717) is 0 Å². The van der Waals surface area contributed by atoms with Gasteiger partial charge in [-0.1, -0.05) is 0 Å². The summed E-state index contributed by atoms with van der Waals surface area (Å²) in [6, 6.07) is -2.10. The predicted molar refractivity (Wildman–Crippen MR) is 92.7 cm³/mol. The molecule has 0 unspecified atom stereocenters. The zero-order valence-electron chi connectivity index (χ0n) is 15.8. The van der Waals surface area contributed by atoms with Crippen molar-refractivity contribution in [3.63, 3.8) is 0 Å². The van der Waals surface area contributed by atoms with Gasteiger partial charge < -0.3 is 10.6 Å². The van der Waals surface area contributed by atoms with E-state index in [4.69, 9.17) is 5.73 Å². The van der Waals surface area contributed by atoms with Crippen LogP contribution >= 0.6 is 0 Å². The molecule has 3 atom stereocenters. The summed E-state index contributed by atoms with van der Waals surface area (Å²) in [5, 5.41) is 7.80. The molecule has 0 aromatic heterocycles. The molecule has 0 bridgehead atoms. The molecule has 0 rings (SSSR count). The summed E-state index contributed by atoms with van der Waals surface area (Å²) < 4.78 is 0.118. The van der Waals surface area contributed by atoms with Crippen molar-refractivity contribution in [3.8, 4) is 0 Å². The fourth-order valence-electron chi connectivity index (χ4n) is 1.61. The molecule has 0 saturated heterocycles. The van der Waals surface area contributed by atoms with Crippen LogP contribution in [0.15, 0.2) is 0 Å². The number of nitrogens with two attached hydrogens (primary N) is 1. The van der Waals surface area contributed by atoms with E-state index in [9.17, 15) is 19.2 Å². The van der Waals surface area contributed by atoms with Crippen LogP contribution in [0.25, 0.3) is 0 Å². The number of nitrogens with zero attached hydrogens (tertiary/aromatic N) is 1. The molecular formula is C15H31N6O4+. The van der Waals surface area contributed by atoms with Crippen molar-refractivity contribution in [1.29, 1.82) is 0 Å². The van der Waals surface area contributed by atoms with Gasteiger partial charge in [-0.05, 0) is 27.7 Å². The van der Waals surface area contributed by atoms with Crippen LogP contribution in [-0.2, 0) is 19.2 Å². The molecule has 0 heterocycles. The molecule has 144 valence electrons. The number of carbonyl (C=O) groups is 4. The SMILES string of the molecule is CC(=O)[C@@H](C)NC(=O)[C@@H](C)NC(=O)[C@@H](C)NCC(=O)N[N+](C)(C)CN. The van der Waals surface area contributed by atoms with Crippen LogP contribution in [0.1, 0.15) is 27.7 Å². The Hall–Kier alpha value is -2.04. The first kappa shape index (κ1) is 23.0. The maximum absolute atomic E-state index is 12.1. The van der Waals surface area contributed by atoms with Crippen molar-refractivity contribution in [2.24, 2.45) is 5.73 Å². The van der Waals surface area contributed by atoms with Crippen LogP contribution in [0.4, 0.5) is 0 Å². The number of nitrogens with one attached hydrogen (secondary N) is 4. The van der Waals surface area contributed by atoms with Gasteiger partial charge in [0.2, 0.25) is 11.8 Å². The smallest absolute Gasteiger partial charge is 0.278 e. The highest BCUT2D eigenvalue weighted by Crippen LogP contribution is 1.91. The number of hydrogen-bond donors (Lipinski definition) is 5. The average Bonchev–Trinajstić information content (AvgIpc) is 2.51. The molecule has 0 saturated carbocycles. The Balaban J connectivity index is 4.35. The largest absolute Gasteiger partial charge is 0.345 e. The molecule has 10 nitrogen and oxygen atoms in total. The molecule has 25 heavy (non-hydrogen) atoms. The van der Waals surface area contributed by atoms with Gasteiger partial charge in [0.1, 0.15) is 6.04 Å². The number of rotatable bonds is 10. The van der Waals surface area contributed by atoms with E-state index >= 15 is 0 Å². The van der Waals surface area contributed by atoms with E-state index in [-0.39, 0.29) is 29.5 Å². The third-order valence-electron chi connectivity index (χ3n) is 3.57. The van der Waals surface area contributed by atoms with Crippen molar-refractivity contribution >= 4 is 23.5 Å². The summed E-state index contributed by atoms with van der Waals surface area (Å²) in [4.78, 5) is 46.9. The third kappa shape index (κ3) is 9.13. The molecular weight excluding hydrogens is 328 g/mol. The summed E-state index contributed by atoms with van der Waals surface area (Å²) in [6.07, 6.45) is 0. The fourth-order valence-corrected chi connectivity index (χ4v) is 1.61. The third-order valence-corrected chi connectivity index (χ3v) is 3.57. The van der Waals surface area contributed by atoms with Gasteiger partial charge in [-0.3, -0.25) is 30.2 Å². The number of Topliss-reactive ketones (excluding diaryl/α,β-unsaturated/α-hetero) is 1. The molecule has 0 aliphatic rings. The Morgan fingerprint density at radius 3 is 1.88 bits per heavy atom. The van der Waals surface area contributed by atoms with Crippen molar-refractivity contribution in [2.75, 3.05) is 27.3 Å². The molecule has 0 radical (unpaired) electrons. The Kier molecular flexibility index (Phi) is 9.24. The average molecular weight is 359 g/mol. The van der Waals surface area contributed by atoms with E-state index in [1.165, 1.54) is 13.8 Å². The Morgan fingerprint density at radius 2 is 1.40 bits per heavy atom. The van der Waals surface area contributed by atoms with E-state index in [0.717, 1.165) is 0 Å². The highest BCUT2D eigenvalue weighted by molar-refractivity contribution is 5.92. The number of quaternary nitrogens is 1. The summed E-state index contributed by atoms with van der Waals surface area (Å²) in [5.74, 6) is -1.37. The second-order valence-electron chi connectivity index (χ2n) is 6.58. The molecule has 0 aromatic rings. The van der Waals surface area contributed by atoms with Gasteiger partial charge in [-0.15, -0.1) is 0 Å². The lowest BCUT2D eigenvalue weighted by Crippen LogP contribution is -2.59. The van der Waals surface area contributed by atoms with E-state index in [1.807, 2.05) is 0 Å². The second-order valence-corrected chi connectivity index (χ2v) is 6.58.